The summed E-state index contributed by atoms with van der Waals surface area (Å²) in [6, 6.07) is 9.59. The second kappa shape index (κ2) is 12.4. The number of methoxy groups -OCH3 is 1. The maximum atomic E-state index is 12.0. The molecule has 4 rings (SSSR count). The molecule has 0 spiro atoms. The van der Waals surface area contributed by atoms with Crippen LogP contribution in [0.15, 0.2) is 30.3 Å². The van der Waals surface area contributed by atoms with Gasteiger partial charge < -0.3 is 42.6 Å². The van der Waals surface area contributed by atoms with Gasteiger partial charge in [-0.05, 0) is 26.3 Å². The number of rotatable bonds is 8. The highest BCUT2D eigenvalue weighted by Crippen LogP contribution is 2.40. The van der Waals surface area contributed by atoms with Gasteiger partial charge in [0.05, 0.1) is 19.3 Å². The van der Waals surface area contributed by atoms with Crippen LogP contribution in [-0.2, 0) is 58.8 Å². The largest absolute Gasteiger partial charge is 0.456 e. The van der Waals surface area contributed by atoms with E-state index in [1.54, 1.807) is 7.11 Å². The van der Waals surface area contributed by atoms with Crippen LogP contribution in [0.1, 0.15) is 46.6 Å². The molecule has 1 aromatic carbocycles. The van der Waals surface area contributed by atoms with E-state index >= 15 is 0 Å². The lowest BCUT2D eigenvalue weighted by atomic mass is 9.99. The monoisotopic (exact) mass is 538 g/mol. The molecule has 1 aromatic rings. The summed E-state index contributed by atoms with van der Waals surface area (Å²) >= 11 is 0. The van der Waals surface area contributed by atoms with Crippen LogP contribution in [0, 0.1) is 0 Å². The number of hydrogen-bond acceptors (Lipinski definition) is 11. The van der Waals surface area contributed by atoms with Gasteiger partial charge in [0.25, 0.3) is 0 Å². The highest BCUT2D eigenvalue weighted by molar-refractivity contribution is 5.67. The molecule has 0 aliphatic carbocycles. The predicted molar refractivity (Wildman–Crippen MR) is 131 cm³/mol. The van der Waals surface area contributed by atoms with Gasteiger partial charge in [0.2, 0.25) is 0 Å². The summed E-state index contributed by atoms with van der Waals surface area (Å²) in [6.45, 7) is 8.28. The first-order chi connectivity index (χ1) is 18.1. The molecule has 0 radical (unpaired) electrons. The Hall–Kier alpha value is -2.12. The Morgan fingerprint density at radius 2 is 1.66 bits per heavy atom. The van der Waals surface area contributed by atoms with E-state index in [-0.39, 0.29) is 19.6 Å². The van der Waals surface area contributed by atoms with E-state index in [1.807, 2.05) is 51.1 Å². The van der Waals surface area contributed by atoms with Crippen LogP contribution in [0.25, 0.3) is 0 Å². The SMILES string of the molecule is CO[C@@H]1OC(C)[C@H](OC2CC(OCc3ccccc3)C(OC(C)=O)[C@@H](OC(C)=O)CO2)C2OC(C)(C)OC21. The third-order valence-corrected chi connectivity index (χ3v) is 6.64. The fourth-order valence-corrected chi connectivity index (χ4v) is 5.09. The topological polar surface area (TPSA) is 117 Å². The van der Waals surface area contributed by atoms with Crippen molar-refractivity contribution in [3.05, 3.63) is 35.9 Å². The van der Waals surface area contributed by atoms with Crippen molar-refractivity contribution in [1.29, 1.82) is 0 Å². The number of fused-ring (bicyclic) bond motifs is 1. The van der Waals surface area contributed by atoms with Crippen molar-refractivity contribution < 1.29 is 52.2 Å². The Balaban J connectivity index is 1.55. The maximum Gasteiger partial charge on any atom is 0.303 e. The van der Waals surface area contributed by atoms with Crippen molar-refractivity contribution in [2.45, 2.75) is 109 Å². The average Bonchev–Trinajstić information content (AvgIpc) is 3.10. The van der Waals surface area contributed by atoms with Crippen LogP contribution in [0.4, 0.5) is 0 Å². The maximum absolute atomic E-state index is 12.0. The minimum atomic E-state index is -0.899. The Kier molecular flexibility index (Phi) is 9.40. The Labute approximate surface area is 222 Å². The highest BCUT2D eigenvalue weighted by atomic mass is 16.8. The zero-order chi connectivity index (χ0) is 27.4. The minimum Gasteiger partial charge on any atom is -0.456 e. The summed E-state index contributed by atoms with van der Waals surface area (Å²) in [5.74, 6) is -1.91. The molecule has 0 bridgehead atoms. The quantitative estimate of drug-likeness (QED) is 0.454. The Morgan fingerprint density at radius 1 is 0.974 bits per heavy atom. The molecular formula is C27H38O11. The molecule has 212 valence electrons. The third-order valence-electron chi connectivity index (χ3n) is 6.64. The Bertz CT molecular complexity index is 938. The second-order valence-electron chi connectivity index (χ2n) is 10.2. The number of benzene rings is 1. The van der Waals surface area contributed by atoms with Gasteiger partial charge in [-0.15, -0.1) is 0 Å². The molecular weight excluding hydrogens is 500 g/mol. The number of ether oxygens (including phenoxy) is 9. The van der Waals surface area contributed by atoms with Gasteiger partial charge >= 0.3 is 11.9 Å². The number of carbonyl (C=O) groups is 2. The summed E-state index contributed by atoms with van der Waals surface area (Å²) in [4.78, 5) is 23.9. The fraction of sp³-hybridized carbons (Fsp3) is 0.704. The lowest BCUT2D eigenvalue weighted by molar-refractivity contribution is -0.297. The van der Waals surface area contributed by atoms with Crippen molar-refractivity contribution in [2.75, 3.05) is 13.7 Å². The van der Waals surface area contributed by atoms with Gasteiger partial charge in [-0.3, -0.25) is 9.59 Å². The molecule has 11 nitrogen and oxygen atoms in total. The summed E-state index contributed by atoms with van der Waals surface area (Å²) in [6.07, 6.45) is -5.68. The number of carbonyl (C=O) groups excluding carboxylic acids is 2. The lowest BCUT2D eigenvalue weighted by Crippen LogP contribution is -2.57. The molecule has 3 fully saturated rings. The van der Waals surface area contributed by atoms with Gasteiger partial charge in [0, 0.05) is 27.4 Å². The van der Waals surface area contributed by atoms with E-state index in [4.69, 9.17) is 42.6 Å². The zero-order valence-electron chi connectivity index (χ0n) is 22.7. The molecule has 3 saturated heterocycles. The summed E-state index contributed by atoms with van der Waals surface area (Å²) < 4.78 is 53.6. The first-order valence-electron chi connectivity index (χ1n) is 12.9. The minimum absolute atomic E-state index is 0.0625. The predicted octanol–water partition coefficient (Wildman–Crippen LogP) is 2.48. The van der Waals surface area contributed by atoms with Crippen molar-refractivity contribution in [3.8, 4) is 0 Å². The van der Waals surface area contributed by atoms with E-state index in [0.29, 0.717) is 0 Å². The third kappa shape index (κ3) is 7.09. The van der Waals surface area contributed by atoms with Crippen LogP contribution < -0.4 is 0 Å². The first-order valence-corrected chi connectivity index (χ1v) is 12.9. The average molecular weight is 539 g/mol. The van der Waals surface area contributed by atoms with E-state index < -0.39 is 73.0 Å². The molecule has 3 heterocycles. The standard InChI is InChI=1S/C27H38O11/c1-15-22(24-25(26(30-6)33-15)38-27(4,5)37-24)36-21-12-19(31-13-18-10-8-7-9-11-18)23(35-17(3)29)20(14-32-21)34-16(2)28/h7-11,15,19-26H,12-14H2,1-6H3/t15?,19?,20-,21?,22-,23?,24?,25?,26+/m0/s1. The van der Waals surface area contributed by atoms with Gasteiger partial charge in [0.1, 0.15) is 24.4 Å². The molecule has 0 amide bonds. The van der Waals surface area contributed by atoms with E-state index in [0.717, 1.165) is 5.56 Å². The molecule has 3 aliphatic rings. The second-order valence-corrected chi connectivity index (χ2v) is 10.2. The highest BCUT2D eigenvalue weighted by Gasteiger charge is 2.56. The summed E-state index contributed by atoms with van der Waals surface area (Å²) in [5, 5.41) is 0. The van der Waals surface area contributed by atoms with Gasteiger partial charge in [-0.2, -0.15) is 0 Å². The first kappa shape index (κ1) is 28.9. The van der Waals surface area contributed by atoms with Gasteiger partial charge in [0.15, 0.2) is 30.6 Å². The zero-order valence-corrected chi connectivity index (χ0v) is 22.7. The molecule has 0 saturated carbocycles. The number of hydrogen-bond donors (Lipinski definition) is 0. The van der Waals surface area contributed by atoms with Crippen LogP contribution in [0.2, 0.25) is 0 Å². The Morgan fingerprint density at radius 3 is 2.32 bits per heavy atom. The molecule has 3 aliphatic heterocycles. The van der Waals surface area contributed by atoms with Crippen molar-refractivity contribution >= 4 is 11.9 Å². The lowest BCUT2D eigenvalue weighted by Gasteiger charge is -2.41. The molecule has 6 unspecified atom stereocenters. The van der Waals surface area contributed by atoms with Gasteiger partial charge in [-0.25, -0.2) is 0 Å². The molecule has 38 heavy (non-hydrogen) atoms. The van der Waals surface area contributed by atoms with E-state index in [1.165, 1.54) is 13.8 Å². The summed E-state index contributed by atoms with van der Waals surface area (Å²) in [7, 11) is 1.55. The smallest absolute Gasteiger partial charge is 0.303 e. The van der Waals surface area contributed by atoms with Crippen molar-refractivity contribution in [3.63, 3.8) is 0 Å². The van der Waals surface area contributed by atoms with Crippen LogP contribution >= 0.6 is 0 Å². The molecule has 11 heteroatoms. The van der Waals surface area contributed by atoms with E-state index in [9.17, 15) is 9.59 Å². The molecule has 0 N–H and O–H groups in total. The molecule has 9 atom stereocenters. The summed E-state index contributed by atoms with van der Waals surface area (Å²) in [5.41, 5.74) is 0.933. The fourth-order valence-electron chi connectivity index (χ4n) is 5.09. The van der Waals surface area contributed by atoms with Gasteiger partial charge in [-0.1, -0.05) is 30.3 Å². The van der Waals surface area contributed by atoms with Crippen LogP contribution in [0.5, 0.6) is 0 Å². The number of esters is 2. The van der Waals surface area contributed by atoms with Crippen LogP contribution in [0.3, 0.4) is 0 Å². The van der Waals surface area contributed by atoms with E-state index in [2.05, 4.69) is 0 Å². The normalized spacial score (nSPS) is 36.6. The van der Waals surface area contributed by atoms with Crippen LogP contribution in [-0.4, -0.2) is 86.8 Å². The van der Waals surface area contributed by atoms with Crippen molar-refractivity contribution in [2.24, 2.45) is 0 Å². The van der Waals surface area contributed by atoms with Crippen molar-refractivity contribution in [1.82, 2.24) is 0 Å². The molecule has 0 aromatic heterocycles.